The highest BCUT2D eigenvalue weighted by Gasteiger charge is 2.16. The summed E-state index contributed by atoms with van der Waals surface area (Å²) in [5, 5.41) is 3.21. The second-order valence-corrected chi connectivity index (χ2v) is 5.24. The fourth-order valence-electron chi connectivity index (χ4n) is 1.98. The number of nitrogens with zero attached hydrogens (tertiary/aromatic N) is 1. The van der Waals surface area contributed by atoms with Gasteiger partial charge in [0.25, 0.3) is 5.56 Å². The quantitative estimate of drug-likeness (QED) is 0.942. The van der Waals surface area contributed by atoms with E-state index in [0.717, 1.165) is 6.42 Å². The number of benzene rings is 1. The van der Waals surface area contributed by atoms with E-state index in [1.165, 1.54) is 28.5 Å². The Hall–Kier alpha value is -2.07. The van der Waals surface area contributed by atoms with Crippen LogP contribution in [-0.2, 0) is 11.2 Å². The number of pyridine rings is 1. The van der Waals surface area contributed by atoms with Crippen LogP contribution in [0, 0.1) is 0 Å². The maximum Gasteiger partial charge on any atom is 0.251 e. The molecule has 2 aromatic rings. The minimum absolute atomic E-state index is 0.261. The number of anilines is 1. The molecule has 110 valence electrons. The maximum absolute atomic E-state index is 12.2. The highest BCUT2D eigenvalue weighted by molar-refractivity contribution is 6.30. The van der Waals surface area contributed by atoms with Crippen molar-refractivity contribution in [3.63, 3.8) is 0 Å². The topological polar surface area (TPSA) is 51.1 Å². The Balaban J connectivity index is 2.15. The van der Waals surface area contributed by atoms with Gasteiger partial charge in [-0.25, -0.2) is 0 Å². The number of carbonyl (C=O) groups excluding carboxylic acids is 1. The van der Waals surface area contributed by atoms with Crippen LogP contribution >= 0.6 is 11.6 Å². The summed E-state index contributed by atoms with van der Waals surface area (Å²) in [6.45, 7) is 3.73. The molecule has 0 saturated heterocycles. The molecule has 1 N–H and O–H groups in total. The Kier molecular flexibility index (Phi) is 4.81. The molecule has 1 aromatic heterocycles. The summed E-state index contributed by atoms with van der Waals surface area (Å²) in [6, 6.07) is 9.85. The molecule has 0 saturated carbocycles. The van der Waals surface area contributed by atoms with E-state index in [2.05, 4.69) is 12.2 Å². The van der Waals surface area contributed by atoms with Crippen molar-refractivity contribution in [2.75, 3.05) is 5.32 Å². The van der Waals surface area contributed by atoms with Gasteiger partial charge in [0.05, 0.1) is 5.02 Å². The fourth-order valence-corrected chi connectivity index (χ4v) is 2.14. The Bertz CT molecular complexity index is 692. The van der Waals surface area contributed by atoms with Gasteiger partial charge in [-0.15, -0.1) is 0 Å². The number of aryl methyl sites for hydroxylation is 1. The molecule has 1 heterocycles. The number of halogens is 1. The third kappa shape index (κ3) is 3.73. The number of amides is 1. The van der Waals surface area contributed by atoms with E-state index in [1.54, 1.807) is 6.92 Å². The molecule has 0 aliphatic heterocycles. The summed E-state index contributed by atoms with van der Waals surface area (Å²) in [7, 11) is 0. The Labute approximate surface area is 128 Å². The average molecular weight is 305 g/mol. The molecular weight excluding hydrogens is 288 g/mol. The smallest absolute Gasteiger partial charge is 0.251 e. The normalized spacial score (nSPS) is 12.0. The largest absolute Gasteiger partial charge is 0.324 e. The van der Waals surface area contributed by atoms with E-state index in [0.29, 0.717) is 10.7 Å². The molecule has 21 heavy (non-hydrogen) atoms. The van der Waals surface area contributed by atoms with E-state index in [9.17, 15) is 9.59 Å². The minimum atomic E-state index is -0.637. The lowest BCUT2D eigenvalue weighted by atomic mass is 10.1. The molecule has 0 bridgehead atoms. The molecule has 2 rings (SSSR count). The van der Waals surface area contributed by atoms with Crippen LogP contribution in [0.2, 0.25) is 5.02 Å². The summed E-state index contributed by atoms with van der Waals surface area (Å²) in [5.74, 6) is -0.261. The number of rotatable bonds is 4. The van der Waals surface area contributed by atoms with Crippen LogP contribution in [0.5, 0.6) is 0 Å². The van der Waals surface area contributed by atoms with Crippen LogP contribution in [0.1, 0.15) is 25.5 Å². The zero-order valence-electron chi connectivity index (χ0n) is 12.0. The third-order valence-corrected chi connectivity index (χ3v) is 3.55. The Morgan fingerprint density at radius 2 is 1.90 bits per heavy atom. The van der Waals surface area contributed by atoms with Crippen LogP contribution in [0.15, 0.2) is 47.4 Å². The van der Waals surface area contributed by atoms with Crippen molar-refractivity contribution in [2.24, 2.45) is 0 Å². The molecule has 1 aromatic carbocycles. The van der Waals surface area contributed by atoms with Gasteiger partial charge in [-0.1, -0.05) is 30.7 Å². The molecule has 1 amide bonds. The van der Waals surface area contributed by atoms with Gasteiger partial charge in [-0.3, -0.25) is 9.59 Å². The minimum Gasteiger partial charge on any atom is -0.324 e. The fraction of sp³-hybridized carbons (Fsp3) is 0.250. The van der Waals surface area contributed by atoms with Gasteiger partial charge < -0.3 is 9.88 Å². The van der Waals surface area contributed by atoms with E-state index in [1.807, 2.05) is 24.3 Å². The second-order valence-electron chi connectivity index (χ2n) is 4.81. The number of carbonyl (C=O) groups is 1. The number of nitrogens with one attached hydrogen (secondary N) is 1. The van der Waals surface area contributed by atoms with Crippen LogP contribution in [0.3, 0.4) is 0 Å². The average Bonchev–Trinajstić information content (AvgIpc) is 2.49. The van der Waals surface area contributed by atoms with Crippen LogP contribution < -0.4 is 10.9 Å². The first-order valence-corrected chi connectivity index (χ1v) is 7.16. The highest BCUT2D eigenvalue weighted by Crippen LogP contribution is 2.14. The molecule has 0 spiro atoms. The first-order chi connectivity index (χ1) is 10.0. The van der Waals surface area contributed by atoms with Crippen LogP contribution in [0.4, 0.5) is 5.69 Å². The predicted octanol–water partition coefficient (Wildman–Crippen LogP) is 3.26. The molecule has 5 heteroatoms. The summed E-state index contributed by atoms with van der Waals surface area (Å²) in [5.41, 5.74) is 1.65. The van der Waals surface area contributed by atoms with Gasteiger partial charge in [-0.2, -0.15) is 0 Å². The van der Waals surface area contributed by atoms with Gasteiger partial charge >= 0.3 is 0 Å². The first kappa shape index (κ1) is 15.3. The van der Waals surface area contributed by atoms with Crippen molar-refractivity contribution in [3.05, 3.63) is 63.5 Å². The molecule has 1 unspecified atom stereocenters. The Morgan fingerprint density at radius 1 is 1.24 bits per heavy atom. The van der Waals surface area contributed by atoms with Crippen molar-refractivity contribution in [1.29, 1.82) is 0 Å². The number of hydrogen-bond donors (Lipinski definition) is 1. The van der Waals surface area contributed by atoms with Crippen molar-refractivity contribution >= 4 is 23.2 Å². The Morgan fingerprint density at radius 3 is 2.52 bits per heavy atom. The van der Waals surface area contributed by atoms with Gasteiger partial charge in [0.1, 0.15) is 6.04 Å². The summed E-state index contributed by atoms with van der Waals surface area (Å²) < 4.78 is 1.32. The SMILES string of the molecule is CCc1ccc(NC(=O)C(C)n2cc(Cl)ccc2=O)cc1. The lowest BCUT2D eigenvalue weighted by molar-refractivity contribution is -0.118. The maximum atomic E-state index is 12.2. The predicted molar refractivity (Wildman–Crippen MR) is 84.9 cm³/mol. The van der Waals surface area contributed by atoms with Crippen LogP contribution in [0.25, 0.3) is 0 Å². The van der Waals surface area contributed by atoms with Gasteiger partial charge in [0.2, 0.25) is 5.91 Å². The number of hydrogen-bond acceptors (Lipinski definition) is 2. The monoisotopic (exact) mass is 304 g/mol. The molecule has 1 atom stereocenters. The molecule has 0 aliphatic carbocycles. The van der Waals surface area contributed by atoms with Crippen LogP contribution in [-0.4, -0.2) is 10.5 Å². The van der Waals surface area contributed by atoms with E-state index < -0.39 is 6.04 Å². The van der Waals surface area contributed by atoms with Gasteiger partial charge in [0.15, 0.2) is 0 Å². The first-order valence-electron chi connectivity index (χ1n) is 6.78. The second kappa shape index (κ2) is 6.59. The van der Waals surface area contributed by atoms with Gasteiger partial charge in [-0.05, 0) is 37.1 Å². The van der Waals surface area contributed by atoms with E-state index >= 15 is 0 Å². The molecule has 0 fully saturated rings. The van der Waals surface area contributed by atoms with E-state index in [-0.39, 0.29) is 11.5 Å². The van der Waals surface area contributed by atoms with Crippen molar-refractivity contribution in [1.82, 2.24) is 4.57 Å². The zero-order chi connectivity index (χ0) is 15.4. The standard InChI is InChI=1S/C16H17ClN2O2/c1-3-12-4-7-14(8-5-12)18-16(21)11(2)19-10-13(17)6-9-15(19)20/h4-11H,3H2,1-2H3,(H,18,21). The number of aromatic nitrogens is 1. The highest BCUT2D eigenvalue weighted by atomic mass is 35.5. The van der Waals surface area contributed by atoms with E-state index in [4.69, 9.17) is 11.6 Å². The summed E-state index contributed by atoms with van der Waals surface area (Å²) >= 11 is 5.87. The molecule has 0 radical (unpaired) electrons. The van der Waals surface area contributed by atoms with Crippen molar-refractivity contribution < 1.29 is 4.79 Å². The molecular formula is C16H17ClN2O2. The summed E-state index contributed by atoms with van der Waals surface area (Å²) in [4.78, 5) is 24.0. The lowest BCUT2D eigenvalue weighted by Gasteiger charge is -2.15. The molecule has 0 aliphatic rings. The summed E-state index contributed by atoms with van der Waals surface area (Å²) in [6.07, 6.45) is 2.41. The lowest BCUT2D eigenvalue weighted by Crippen LogP contribution is -2.30. The molecule has 4 nitrogen and oxygen atoms in total. The third-order valence-electron chi connectivity index (χ3n) is 3.33. The van der Waals surface area contributed by atoms with Crippen molar-refractivity contribution in [3.8, 4) is 0 Å². The zero-order valence-corrected chi connectivity index (χ0v) is 12.7. The van der Waals surface area contributed by atoms with Crippen molar-refractivity contribution in [2.45, 2.75) is 26.3 Å². The van der Waals surface area contributed by atoms with Gasteiger partial charge in [0, 0.05) is 18.0 Å².